The molecule has 0 aliphatic heterocycles. The zero-order chi connectivity index (χ0) is 10.7. The van der Waals surface area contributed by atoms with Gasteiger partial charge < -0.3 is 10.2 Å². The standard InChI is InChI=1S/C10H15BrO2S/c1-6(2)10(13)9(12)4-8-3-7(11)5-14-8/h3,5-6,9-10,12-13H,4H2,1-2H3. The number of rotatable bonds is 4. The van der Waals surface area contributed by atoms with Gasteiger partial charge in [0.15, 0.2) is 0 Å². The molecule has 0 aromatic carbocycles. The summed E-state index contributed by atoms with van der Waals surface area (Å²) >= 11 is 4.94. The molecule has 0 amide bonds. The van der Waals surface area contributed by atoms with Gasteiger partial charge in [0, 0.05) is 21.2 Å². The Kier molecular flexibility index (Phi) is 4.57. The molecule has 4 heteroatoms. The minimum atomic E-state index is -0.666. The van der Waals surface area contributed by atoms with Crippen LogP contribution in [0.15, 0.2) is 15.9 Å². The Morgan fingerprint density at radius 1 is 1.43 bits per heavy atom. The molecule has 2 unspecified atom stereocenters. The predicted molar refractivity (Wildman–Crippen MR) is 62.6 cm³/mol. The summed E-state index contributed by atoms with van der Waals surface area (Å²) in [5.41, 5.74) is 0. The largest absolute Gasteiger partial charge is 0.390 e. The Labute approximate surface area is 96.7 Å². The van der Waals surface area contributed by atoms with Crippen molar-refractivity contribution in [2.75, 3.05) is 0 Å². The molecule has 2 atom stereocenters. The van der Waals surface area contributed by atoms with Crippen LogP contribution in [0.4, 0.5) is 0 Å². The first-order valence-corrected chi connectivity index (χ1v) is 6.27. The molecule has 0 spiro atoms. The molecule has 14 heavy (non-hydrogen) atoms. The zero-order valence-electron chi connectivity index (χ0n) is 8.27. The lowest BCUT2D eigenvalue weighted by Gasteiger charge is -2.20. The Hall–Kier alpha value is 0.1000. The summed E-state index contributed by atoms with van der Waals surface area (Å²) in [5.74, 6) is 0.0911. The fourth-order valence-corrected chi connectivity index (χ4v) is 2.73. The van der Waals surface area contributed by atoms with E-state index in [0.29, 0.717) is 6.42 Å². The van der Waals surface area contributed by atoms with Crippen LogP contribution in [0.5, 0.6) is 0 Å². The number of aliphatic hydroxyl groups is 2. The normalized spacial score (nSPS) is 15.9. The molecule has 0 radical (unpaired) electrons. The van der Waals surface area contributed by atoms with Gasteiger partial charge in [-0.05, 0) is 27.9 Å². The fraction of sp³-hybridized carbons (Fsp3) is 0.600. The molecule has 0 bridgehead atoms. The summed E-state index contributed by atoms with van der Waals surface area (Å²) < 4.78 is 1.03. The highest BCUT2D eigenvalue weighted by Gasteiger charge is 2.20. The summed E-state index contributed by atoms with van der Waals surface area (Å²) in [6, 6.07) is 1.97. The topological polar surface area (TPSA) is 40.5 Å². The molecule has 80 valence electrons. The van der Waals surface area contributed by atoms with E-state index in [1.54, 1.807) is 11.3 Å². The van der Waals surface area contributed by atoms with Crippen LogP contribution >= 0.6 is 27.3 Å². The van der Waals surface area contributed by atoms with Gasteiger partial charge in [-0.3, -0.25) is 0 Å². The molecule has 1 rings (SSSR count). The third-order valence-corrected chi connectivity index (χ3v) is 3.83. The zero-order valence-corrected chi connectivity index (χ0v) is 10.7. The highest BCUT2D eigenvalue weighted by Crippen LogP contribution is 2.22. The maximum atomic E-state index is 9.69. The molecule has 0 aliphatic carbocycles. The monoisotopic (exact) mass is 278 g/mol. The average molecular weight is 279 g/mol. The Morgan fingerprint density at radius 3 is 2.50 bits per heavy atom. The number of halogens is 1. The summed E-state index contributed by atoms with van der Waals surface area (Å²) in [7, 11) is 0. The predicted octanol–water partition coefficient (Wildman–Crippen LogP) is 2.43. The van der Waals surface area contributed by atoms with Crippen molar-refractivity contribution in [2.24, 2.45) is 5.92 Å². The molecule has 2 nitrogen and oxygen atoms in total. The maximum Gasteiger partial charge on any atom is 0.0849 e. The van der Waals surface area contributed by atoms with Crippen LogP contribution in [0.1, 0.15) is 18.7 Å². The minimum absolute atomic E-state index is 0.0911. The van der Waals surface area contributed by atoms with Gasteiger partial charge in [-0.25, -0.2) is 0 Å². The van der Waals surface area contributed by atoms with Crippen LogP contribution in [-0.4, -0.2) is 22.4 Å². The minimum Gasteiger partial charge on any atom is -0.390 e. The molecule has 1 aromatic heterocycles. The molecule has 0 fully saturated rings. The first kappa shape index (κ1) is 12.2. The summed E-state index contributed by atoms with van der Waals surface area (Å²) in [5, 5.41) is 21.3. The third kappa shape index (κ3) is 3.35. The van der Waals surface area contributed by atoms with Crippen molar-refractivity contribution in [1.82, 2.24) is 0 Å². The number of thiophene rings is 1. The second-order valence-corrected chi connectivity index (χ2v) is 5.65. The van der Waals surface area contributed by atoms with Crippen molar-refractivity contribution < 1.29 is 10.2 Å². The summed E-state index contributed by atoms with van der Waals surface area (Å²) in [6.45, 7) is 3.80. The Bertz CT molecular complexity index is 285. The van der Waals surface area contributed by atoms with Crippen LogP contribution in [0.25, 0.3) is 0 Å². The first-order chi connectivity index (χ1) is 6.50. The van der Waals surface area contributed by atoms with Gasteiger partial charge in [0.05, 0.1) is 12.2 Å². The van der Waals surface area contributed by atoms with E-state index < -0.39 is 12.2 Å². The fourth-order valence-electron chi connectivity index (χ4n) is 1.23. The van der Waals surface area contributed by atoms with Gasteiger partial charge in [-0.2, -0.15) is 0 Å². The van der Waals surface area contributed by atoms with Crippen molar-refractivity contribution >= 4 is 27.3 Å². The van der Waals surface area contributed by atoms with E-state index in [-0.39, 0.29) is 5.92 Å². The molecule has 0 aliphatic rings. The number of hydrogen-bond donors (Lipinski definition) is 2. The SMILES string of the molecule is CC(C)C(O)C(O)Cc1cc(Br)cs1. The summed E-state index contributed by atoms with van der Waals surface area (Å²) in [4.78, 5) is 1.09. The molecule has 0 saturated heterocycles. The lowest BCUT2D eigenvalue weighted by Crippen LogP contribution is -2.32. The van der Waals surface area contributed by atoms with Crippen molar-refractivity contribution in [3.05, 3.63) is 20.8 Å². The van der Waals surface area contributed by atoms with E-state index in [0.717, 1.165) is 9.35 Å². The van der Waals surface area contributed by atoms with E-state index in [1.807, 2.05) is 25.3 Å². The van der Waals surface area contributed by atoms with Crippen molar-refractivity contribution in [3.8, 4) is 0 Å². The van der Waals surface area contributed by atoms with Gasteiger partial charge in [0.2, 0.25) is 0 Å². The number of hydrogen-bond acceptors (Lipinski definition) is 3. The van der Waals surface area contributed by atoms with Crippen LogP contribution in [-0.2, 0) is 6.42 Å². The highest BCUT2D eigenvalue weighted by atomic mass is 79.9. The lowest BCUT2D eigenvalue weighted by molar-refractivity contribution is -0.00692. The summed E-state index contributed by atoms with van der Waals surface area (Å²) in [6.07, 6.45) is -0.785. The van der Waals surface area contributed by atoms with Crippen LogP contribution < -0.4 is 0 Å². The van der Waals surface area contributed by atoms with E-state index in [1.165, 1.54) is 0 Å². The molecule has 1 heterocycles. The van der Waals surface area contributed by atoms with Crippen LogP contribution in [0.2, 0.25) is 0 Å². The van der Waals surface area contributed by atoms with Gasteiger partial charge in [0.1, 0.15) is 0 Å². The van der Waals surface area contributed by atoms with Crippen molar-refractivity contribution in [1.29, 1.82) is 0 Å². The van der Waals surface area contributed by atoms with Gasteiger partial charge in [-0.1, -0.05) is 13.8 Å². The van der Waals surface area contributed by atoms with Crippen LogP contribution in [0.3, 0.4) is 0 Å². The van der Waals surface area contributed by atoms with Crippen molar-refractivity contribution in [3.63, 3.8) is 0 Å². The van der Waals surface area contributed by atoms with Crippen molar-refractivity contribution in [2.45, 2.75) is 32.5 Å². The Balaban J connectivity index is 2.52. The molecule has 0 saturated carbocycles. The number of aliphatic hydroxyl groups excluding tert-OH is 2. The smallest absolute Gasteiger partial charge is 0.0849 e. The van der Waals surface area contributed by atoms with E-state index >= 15 is 0 Å². The molecule has 2 N–H and O–H groups in total. The third-order valence-electron chi connectivity index (χ3n) is 2.11. The van der Waals surface area contributed by atoms with Gasteiger partial charge in [0.25, 0.3) is 0 Å². The average Bonchev–Trinajstić information content (AvgIpc) is 2.49. The van der Waals surface area contributed by atoms with Gasteiger partial charge in [-0.15, -0.1) is 11.3 Å². The van der Waals surface area contributed by atoms with E-state index in [4.69, 9.17) is 0 Å². The highest BCUT2D eigenvalue weighted by molar-refractivity contribution is 9.10. The van der Waals surface area contributed by atoms with E-state index in [2.05, 4.69) is 15.9 Å². The maximum absolute atomic E-state index is 9.69. The van der Waals surface area contributed by atoms with Gasteiger partial charge >= 0.3 is 0 Å². The first-order valence-electron chi connectivity index (χ1n) is 4.59. The molecule has 1 aromatic rings. The lowest BCUT2D eigenvalue weighted by atomic mass is 9.99. The second kappa shape index (κ2) is 5.26. The molecular weight excluding hydrogens is 264 g/mol. The van der Waals surface area contributed by atoms with E-state index in [9.17, 15) is 10.2 Å². The van der Waals surface area contributed by atoms with Crippen LogP contribution in [0, 0.1) is 5.92 Å². The Morgan fingerprint density at radius 2 is 2.07 bits per heavy atom. The molecular formula is C10H15BrO2S. The quantitative estimate of drug-likeness (QED) is 0.888. The second-order valence-electron chi connectivity index (χ2n) is 3.74.